The molecule has 0 bridgehead atoms. The second kappa shape index (κ2) is 6.86. The number of carbonyl (C=O) groups excluding carboxylic acids is 1. The van der Waals surface area contributed by atoms with Gasteiger partial charge in [-0.1, -0.05) is 6.42 Å². The van der Waals surface area contributed by atoms with Gasteiger partial charge in [-0.2, -0.15) is 0 Å². The van der Waals surface area contributed by atoms with E-state index in [4.69, 9.17) is 9.47 Å². The van der Waals surface area contributed by atoms with Gasteiger partial charge in [0.15, 0.2) is 5.79 Å². The summed E-state index contributed by atoms with van der Waals surface area (Å²) in [6.07, 6.45) is 5.13. The number of nitro benzene ring substituents is 1. The summed E-state index contributed by atoms with van der Waals surface area (Å²) in [5, 5.41) is 13.6. The van der Waals surface area contributed by atoms with Crippen LogP contribution in [0.25, 0.3) is 0 Å². The number of nitro groups is 1. The maximum absolute atomic E-state index is 12.2. The van der Waals surface area contributed by atoms with E-state index < -0.39 is 10.7 Å². The van der Waals surface area contributed by atoms with Crippen molar-refractivity contribution in [2.45, 2.75) is 50.9 Å². The van der Waals surface area contributed by atoms with E-state index in [0.29, 0.717) is 24.3 Å². The molecule has 1 aromatic carbocycles. The van der Waals surface area contributed by atoms with Gasteiger partial charge in [0, 0.05) is 36.6 Å². The first-order chi connectivity index (χ1) is 11.5. The normalized spacial score (nSPS) is 22.5. The smallest absolute Gasteiger partial charge is 0.272 e. The third-order valence-electron chi connectivity index (χ3n) is 4.68. The number of nitrogens with one attached hydrogen (secondary N) is 1. The first-order valence-corrected chi connectivity index (χ1v) is 8.34. The Morgan fingerprint density at radius 3 is 2.79 bits per heavy atom. The van der Waals surface area contributed by atoms with Crippen LogP contribution in [0.5, 0.6) is 0 Å². The Balaban J connectivity index is 1.54. The van der Waals surface area contributed by atoms with Crippen molar-refractivity contribution >= 4 is 11.6 Å². The summed E-state index contributed by atoms with van der Waals surface area (Å²) in [6, 6.07) is 4.35. The van der Waals surface area contributed by atoms with Crippen LogP contribution in [0.2, 0.25) is 0 Å². The maximum Gasteiger partial charge on any atom is 0.272 e. The van der Waals surface area contributed by atoms with Crippen molar-refractivity contribution in [2.24, 2.45) is 0 Å². The predicted octanol–water partition coefficient (Wildman–Crippen LogP) is 2.71. The molecule has 1 aliphatic heterocycles. The Hall–Kier alpha value is -1.99. The van der Waals surface area contributed by atoms with Crippen LogP contribution >= 0.6 is 0 Å². The molecular weight excluding hydrogens is 312 g/mol. The number of hydrogen-bond acceptors (Lipinski definition) is 5. The van der Waals surface area contributed by atoms with E-state index in [9.17, 15) is 14.9 Å². The Morgan fingerprint density at radius 2 is 2.12 bits per heavy atom. The molecule has 130 valence electrons. The zero-order valence-electron chi connectivity index (χ0n) is 13.7. The van der Waals surface area contributed by atoms with Crippen molar-refractivity contribution in [1.82, 2.24) is 5.32 Å². The van der Waals surface area contributed by atoms with Crippen LogP contribution in [0.3, 0.4) is 0 Å². The number of benzene rings is 1. The van der Waals surface area contributed by atoms with Crippen molar-refractivity contribution in [3.63, 3.8) is 0 Å². The van der Waals surface area contributed by atoms with Gasteiger partial charge in [0.05, 0.1) is 11.5 Å². The van der Waals surface area contributed by atoms with Crippen LogP contribution in [0.4, 0.5) is 5.69 Å². The highest BCUT2D eigenvalue weighted by molar-refractivity contribution is 5.94. The van der Waals surface area contributed by atoms with Crippen LogP contribution in [0.15, 0.2) is 18.2 Å². The fourth-order valence-corrected chi connectivity index (χ4v) is 3.38. The standard InChI is InChI=1S/C17H22N2O5/c1-12-9-13(5-6-15(12)19(21)22)16(20)18-10-14-11-23-17(24-14)7-3-2-4-8-17/h5-6,9,14H,2-4,7-8,10-11H2,1H3,(H,18,20)/t14-/m0/s1. The summed E-state index contributed by atoms with van der Waals surface area (Å²) >= 11 is 0. The summed E-state index contributed by atoms with van der Waals surface area (Å²) < 4.78 is 11.9. The van der Waals surface area contributed by atoms with Crippen molar-refractivity contribution in [3.05, 3.63) is 39.4 Å². The minimum absolute atomic E-state index is 0.0123. The minimum Gasteiger partial charge on any atom is -0.349 e. The first-order valence-electron chi connectivity index (χ1n) is 8.34. The van der Waals surface area contributed by atoms with E-state index in [2.05, 4.69) is 5.32 Å². The van der Waals surface area contributed by atoms with E-state index in [1.165, 1.54) is 24.6 Å². The van der Waals surface area contributed by atoms with E-state index in [-0.39, 0.29) is 17.7 Å². The van der Waals surface area contributed by atoms with Gasteiger partial charge in [-0.05, 0) is 31.9 Å². The summed E-state index contributed by atoms with van der Waals surface area (Å²) in [5.74, 6) is -0.710. The highest BCUT2D eigenvalue weighted by Crippen LogP contribution is 2.37. The molecule has 1 aliphatic carbocycles. The highest BCUT2D eigenvalue weighted by atomic mass is 16.7. The summed E-state index contributed by atoms with van der Waals surface area (Å²) in [4.78, 5) is 22.6. The van der Waals surface area contributed by atoms with Crippen LogP contribution in [-0.2, 0) is 9.47 Å². The maximum atomic E-state index is 12.2. The monoisotopic (exact) mass is 334 g/mol. The number of carbonyl (C=O) groups is 1. The van der Waals surface area contributed by atoms with E-state index in [1.807, 2.05) is 0 Å². The van der Waals surface area contributed by atoms with Crippen molar-refractivity contribution in [3.8, 4) is 0 Å². The third-order valence-corrected chi connectivity index (χ3v) is 4.68. The van der Waals surface area contributed by atoms with Gasteiger partial charge >= 0.3 is 0 Å². The van der Waals surface area contributed by atoms with Crippen molar-refractivity contribution < 1.29 is 19.2 Å². The Labute approximate surface area is 140 Å². The van der Waals surface area contributed by atoms with Crippen LogP contribution in [-0.4, -0.2) is 35.9 Å². The second-order valence-electron chi connectivity index (χ2n) is 6.49. The molecule has 1 heterocycles. The first kappa shape index (κ1) is 16.9. The lowest BCUT2D eigenvalue weighted by molar-refractivity contribution is -0.385. The molecule has 3 rings (SSSR count). The molecule has 1 atom stereocenters. The molecule has 7 nitrogen and oxygen atoms in total. The molecular formula is C17H22N2O5. The minimum atomic E-state index is -0.454. The zero-order valence-corrected chi connectivity index (χ0v) is 13.7. The molecule has 2 aliphatic rings. The van der Waals surface area contributed by atoms with E-state index >= 15 is 0 Å². The van der Waals surface area contributed by atoms with E-state index in [1.54, 1.807) is 6.92 Å². The topological polar surface area (TPSA) is 90.7 Å². The Morgan fingerprint density at radius 1 is 1.38 bits per heavy atom. The molecule has 7 heteroatoms. The molecule has 0 radical (unpaired) electrons. The number of hydrogen-bond donors (Lipinski definition) is 1. The number of ether oxygens (including phenoxy) is 2. The number of nitrogens with zero attached hydrogens (tertiary/aromatic N) is 1. The molecule has 1 spiro atoms. The van der Waals surface area contributed by atoms with Gasteiger partial charge in [0.1, 0.15) is 6.10 Å². The summed E-state index contributed by atoms with van der Waals surface area (Å²) in [6.45, 7) is 2.48. The van der Waals surface area contributed by atoms with Crippen molar-refractivity contribution in [1.29, 1.82) is 0 Å². The Bertz CT molecular complexity index is 640. The molecule has 0 unspecified atom stereocenters. The molecule has 24 heavy (non-hydrogen) atoms. The largest absolute Gasteiger partial charge is 0.349 e. The molecule has 1 saturated heterocycles. The molecule has 2 fully saturated rings. The fraction of sp³-hybridized carbons (Fsp3) is 0.588. The fourth-order valence-electron chi connectivity index (χ4n) is 3.38. The molecule has 1 N–H and O–H groups in total. The zero-order chi connectivity index (χ0) is 17.2. The molecule has 1 saturated carbocycles. The predicted molar refractivity (Wildman–Crippen MR) is 86.8 cm³/mol. The van der Waals surface area contributed by atoms with Gasteiger partial charge in [-0.15, -0.1) is 0 Å². The lowest BCUT2D eigenvalue weighted by Gasteiger charge is -2.31. The van der Waals surface area contributed by atoms with Gasteiger partial charge < -0.3 is 14.8 Å². The number of rotatable bonds is 4. The Kier molecular flexibility index (Phi) is 4.82. The second-order valence-corrected chi connectivity index (χ2v) is 6.49. The highest BCUT2D eigenvalue weighted by Gasteiger charge is 2.42. The van der Waals surface area contributed by atoms with Crippen LogP contribution in [0.1, 0.15) is 48.0 Å². The van der Waals surface area contributed by atoms with Gasteiger partial charge in [0.2, 0.25) is 0 Å². The van der Waals surface area contributed by atoms with Crippen LogP contribution < -0.4 is 5.32 Å². The quantitative estimate of drug-likeness (QED) is 0.675. The molecule has 0 aromatic heterocycles. The summed E-state index contributed by atoms with van der Waals surface area (Å²) in [5.41, 5.74) is 0.886. The lowest BCUT2D eigenvalue weighted by atomic mass is 9.94. The average molecular weight is 334 g/mol. The van der Waals surface area contributed by atoms with Gasteiger partial charge in [0.25, 0.3) is 11.6 Å². The summed E-state index contributed by atoms with van der Waals surface area (Å²) in [7, 11) is 0. The number of aryl methyl sites for hydroxylation is 1. The SMILES string of the molecule is Cc1cc(C(=O)NC[C@H]2COC3(CCCCC3)O2)ccc1[N+](=O)[O-]. The molecule has 1 amide bonds. The van der Waals surface area contributed by atoms with E-state index in [0.717, 1.165) is 25.7 Å². The van der Waals surface area contributed by atoms with Crippen LogP contribution in [0, 0.1) is 17.0 Å². The average Bonchev–Trinajstić information content (AvgIpc) is 2.95. The van der Waals surface area contributed by atoms with Crippen molar-refractivity contribution in [2.75, 3.05) is 13.2 Å². The van der Waals surface area contributed by atoms with Gasteiger partial charge in [-0.3, -0.25) is 14.9 Å². The molecule has 1 aromatic rings. The third kappa shape index (κ3) is 3.57. The lowest BCUT2D eigenvalue weighted by Crippen LogP contribution is -2.37. The number of amides is 1. The van der Waals surface area contributed by atoms with Gasteiger partial charge in [-0.25, -0.2) is 0 Å².